The summed E-state index contributed by atoms with van der Waals surface area (Å²) in [5.41, 5.74) is 3.09. The van der Waals surface area contributed by atoms with Gasteiger partial charge >= 0.3 is 0 Å². The molecule has 18 heavy (non-hydrogen) atoms. The molecule has 2 heteroatoms. The molecule has 2 heterocycles. The summed E-state index contributed by atoms with van der Waals surface area (Å²) in [6.45, 7) is 9.92. The van der Waals surface area contributed by atoms with Crippen molar-refractivity contribution in [2.24, 2.45) is 0 Å². The minimum Gasteiger partial charge on any atom is -0.375 e. The van der Waals surface area contributed by atoms with Gasteiger partial charge in [0.25, 0.3) is 0 Å². The largest absolute Gasteiger partial charge is 0.375 e. The van der Waals surface area contributed by atoms with Crippen LogP contribution in [0.3, 0.4) is 0 Å². The second kappa shape index (κ2) is 4.36. The highest BCUT2D eigenvalue weighted by atomic mass is 16.5. The lowest BCUT2D eigenvalue weighted by molar-refractivity contribution is 0.0273. The highest BCUT2D eigenvalue weighted by molar-refractivity contribution is 5.27. The molecule has 3 rings (SSSR count). The molecule has 0 N–H and O–H groups in total. The average Bonchev–Trinajstić information content (AvgIpc) is 2.90. The Kier molecular flexibility index (Phi) is 2.95. The number of hydrogen-bond donors (Lipinski definition) is 0. The molecule has 2 atom stereocenters. The molecule has 0 unspecified atom stereocenters. The molecule has 2 saturated heterocycles. The highest BCUT2D eigenvalue weighted by Crippen LogP contribution is 2.29. The van der Waals surface area contributed by atoms with Crippen LogP contribution in [0, 0.1) is 0 Å². The SMILES string of the molecule is CC(C)(C)c1ccc(CN2C[C@@H]3C[C@H]2CO3)cc1. The van der Waals surface area contributed by atoms with Gasteiger partial charge in [0, 0.05) is 19.1 Å². The summed E-state index contributed by atoms with van der Waals surface area (Å²) in [4.78, 5) is 2.57. The number of ether oxygens (including phenoxy) is 1. The Bertz CT molecular complexity index is 418. The molecule has 2 nitrogen and oxygen atoms in total. The van der Waals surface area contributed by atoms with Crippen molar-refractivity contribution in [3.63, 3.8) is 0 Å². The molecule has 2 aliphatic rings. The Morgan fingerprint density at radius 2 is 1.94 bits per heavy atom. The zero-order chi connectivity index (χ0) is 12.8. The van der Waals surface area contributed by atoms with Gasteiger partial charge in [-0.05, 0) is 23.0 Å². The maximum Gasteiger partial charge on any atom is 0.0718 e. The molecule has 98 valence electrons. The highest BCUT2D eigenvalue weighted by Gasteiger charge is 2.38. The summed E-state index contributed by atoms with van der Waals surface area (Å²) in [5.74, 6) is 0. The van der Waals surface area contributed by atoms with Crippen molar-refractivity contribution in [2.75, 3.05) is 13.2 Å². The number of morpholine rings is 1. The number of nitrogens with zero attached hydrogens (tertiary/aromatic N) is 1. The van der Waals surface area contributed by atoms with E-state index in [0.717, 1.165) is 19.7 Å². The third-order valence-corrected chi connectivity index (χ3v) is 4.22. The van der Waals surface area contributed by atoms with E-state index in [1.165, 1.54) is 17.5 Å². The first-order valence-electron chi connectivity index (χ1n) is 6.97. The molecular weight excluding hydrogens is 222 g/mol. The van der Waals surface area contributed by atoms with Crippen molar-refractivity contribution in [3.8, 4) is 0 Å². The van der Waals surface area contributed by atoms with E-state index in [1.807, 2.05) is 0 Å². The topological polar surface area (TPSA) is 12.5 Å². The van der Waals surface area contributed by atoms with E-state index in [9.17, 15) is 0 Å². The van der Waals surface area contributed by atoms with Crippen molar-refractivity contribution < 1.29 is 4.74 Å². The summed E-state index contributed by atoms with van der Waals surface area (Å²) >= 11 is 0. The Morgan fingerprint density at radius 1 is 1.22 bits per heavy atom. The molecule has 2 fully saturated rings. The summed E-state index contributed by atoms with van der Waals surface area (Å²) in [6, 6.07) is 9.79. The van der Waals surface area contributed by atoms with E-state index in [-0.39, 0.29) is 5.41 Å². The summed E-state index contributed by atoms with van der Waals surface area (Å²) in [5, 5.41) is 0. The lowest BCUT2D eigenvalue weighted by Gasteiger charge is -2.27. The number of hydrogen-bond acceptors (Lipinski definition) is 2. The van der Waals surface area contributed by atoms with Crippen LogP contribution in [0.2, 0.25) is 0 Å². The smallest absolute Gasteiger partial charge is 0.0718 e. The molecule has 0 aliphatic carbocycles. The summed E-state index contributed by atoms with van der Waals surface area (Å²) in [7, 11) is 0. The number of benzene rings is 1. The van der Waals surface area contributed by atoms with Gasteiger partial charge in [0.2, 0.25) is 0 Å². The fraction of sp³-hybridized carbons (Fsp3) is 0.625. The number of rotatable bonds is 2. The van der Waals surface area contributed by atoms with Gasteiger partial charge in [0.05, 0.1) is 12.7 Å². The first kappa shape index (κ1) is 12.2. The van der Waals surface area contributed by atoms with Crippen LogP contribution in [0.1, 0.15) is 38.3 Å². The van der Waals surface area contributed by atoms with E-state index in [4.69, 9.17) is 4.74 Å². The zero-order valence-electron chi connectivity index (χ0n) is 11.6. The van der Waals surface area contributed by atoms with Crippen molar-refractivity contribution in [1.82, 2.24) is 4.90 Å². The van der Waals surface area contributed by atoms with E-state index in [2.05, 4.69) is 49.9 Å². The van der Waals surface area contributed by atoms with Crippen LogP contribution in [0.4, 0.5) is 0 Å². The Balaban J connectivity index is 1.67. The van der Waals surface area contributed by atoms with Crippen LogP contribution in [0.25, 0.3) is 0 Å². The van der Waals surface area contributed by atoms with Gasteiger partial charge in [-0.15, -0.1) is 0 Å². The van der Waals surface area contributed by atoms with Gasteiger partial charge in [-0.2, -0.15) is 0 Å². The third-order valence-electron chi connectivity index (χ3n) is 4.22. The van der Waals surface area contributed by atoms with Gasteiger partial charge in [-0.1, -0.05) is 45.0 Å². The van der Waals surface area contributed by atoms with E-state index in [1.54, 1.807) is 0 Å². The van der Waals surface area contributed by atoms with Crippen molar-refractivity contribution in [1.29, 1.82) is 0 Å². The maximum absolute atomic E-state index is 5.64. The molecule has 0 radical (unpaired) electrons. The first-order valence-corrected chi connectivity index (χ1v) is 6.97. The fourth-order valence-electron chi connectivity index (χ4n) is 3.02. The standard InChI is InChI=1S/C16H23NO/c1-16(2,3)13-6-4-12(5-7-13)9-17-10-15-8-14(17)11-18-15/h4-7,14-15H,8-11H2,1-3H3/t14-,15-/m0/s1. The van der Waals surface area contributed by atoms with Crippen LogP contribution in [0.15, 0.2) is 24.3 Å². The molecule has 1 aromatic rings. The monoisotopic (exact) mass is 245 g/mol. The van der Waals surface area contributed by atoms with Crippen LogP contribution < -0.4 is 0 Å². The lowest BCUT2D eigenvalue weighted by Crippen LogP contribution is -2.36. The van der Waals surface area contributed by atoms with Crippen molar-refractivity contribution >= 4 is 0 Å². The Morgan fingerprint density at radius 3 is 2.44 bits per heavy atom. The first-order chi connectivity index (χ1) is 8.52. The maximum atomic E-state index is 5.64. The molecule has 1 aromatic carbocycles. The molecule has 2 aliphatic heterocycles. The average molecular weight is 245 g/mol. The van der Waals surface area contributed by atoms with Crippen LogP contribution in [0.5, 0.6) is 0 Å². The quantitative estimate of drug-likeness (QED) is 0.794. The predicted octanol–water partition coefficient (Wildman–Crippen LogP) is 2.96. The second-order valence-electron chi connectivity index (χ2n) is 6.72. The molecular formula is C16H23NO. The Labute approximate surface area is 110 Å². The van der Waals surface area contributed by atoms with Gasteiger partial charge < -0.3 is 4.74 Å². The number of fused-ring (bicyclic) bond motifs is 2. The van der Waals surface area contributed by atoms with Gasteiger partial charge in [-0.25, -0.2) is 0 Å². The molecule has 0 amide bonds. The van der Waals surface area contributed by atoms with Gasteiger partial charge in [-0.3, -0.25) is 4.90 Å². The van der Waals surface area contributed by atoms with E-state index in [0.29, 0.717) is 12.1 Å². The van der Waals surface area contributed by atoms with Gasteiger partial charge in [0.15, 0.2) is 0 Å². The van der Waals surface area contributed by atoms with E-state index >= 15 is 0 Å². The third kappa shape index (κ3) is 2.32. The van der Waals surface area contributed by atoms with Crippen LogP contribution >= 0.6 is 0 Å². The van der Waals surface area contributed by atoms with E-state index < -0.39 is 0 Å². The summed E-state index contributed by atoms with van der Waals surface area (Å²) in [6.07, 6.45) is 1.74. The Hall–Kier alpha value is -0.860. The zero-order valence-corrected chi connectivity index (χ0v) is 11.6. The minimum atomic E-state index is 0.249. The van der Waals surface area contributed by atoms with Crippen molar-refractivity contribution in [2.45, 2.75) is 51.3 Å². The lowest BCUT2D eigenvalue weighted by atomic mass is 9.87. The van der Waals surface area contributed by atoms with Gasteiger partial charge in [0.1, 0.15) is 0 Å². The molecule has 2 bridgehead atoms. The normalized spacial score (nSPS) is 27.9. The molecule has 0 spiro atoms. The second-order valence-corrected chi connectivity index (χ2v) is 6.72. The minimum absolute atomic E-state index is 0.249. The predicted molar refractivity (Wildman–Crippen MR) is 73.7 cm³/mol. The van der Waals surface area contributed by atoms with Crippen LogP contribution in [-0.4, -0.2) is 30.2 Å². The van der Waals surface area contributed by atoms with Crippen LogP contribution in [-0.2, 0) is 16.7 Å². The number of likely N-dealkylation sites (tertiary alicyclic amines) is 1. The van der Waals surface area contributed by atoms with Crippen molar-refractivity contribution in [3.05, 3.63) is 35.4 Å². The molecule has 0 saturated carbocycles. The molecule has 0 aromatic heterocycles. The fourth-order valence-corrected chi connectivity index (χ4v) is 3.02. The summed E-state index contributed by atoms with van der Waals surface area (Å²) < 4.78 is 5.64.